The average Bonchev–Trinajstić information content (AvgIpc) is 2.31. The first-order valence-electron chi connectivity index (χ1n) is 5.65. The fourth-order valence-electron chi connectivity index (χ4n) is 2.08. The Morgan fingerprint density at radius 1 is 1.35 bits per heavy atom. The Bertz CT molecular complexity index is 532. The van der Waals surface area contributed by atoms with E-state index in [1.54, 1.807) is 0 Å². The summed E-state index contributed by atoms with van der Waals surface area (Å²) in [5, 5.41) is 4.03. The van der Waals surface area contributed by atoms with Crippen LogP contribution in [0.15, 0.2) is 9.59 Å². The van der Waals surface area contributed by atoms with Crippen LogP contribution in [0.25, 0.3) is 0 Å². The third-order valence-corrected chi connectivity index (χ3v) is 3.06. The van der Waals surface area contributed by atoms with Crippen LogP contribution >= 0.6 is 0 Å². The van der Waals surface area contributed by atoms with Gasteiger partial charge in [-0.1, -0.05) is 0 Å². The van der Waals surface area contributed by atoms with E-state index in [2.05, 4.69) is 5.10 Å². The first kappa shape index (κ1) is 11.8. The second kappa shape index (κ2) is 4.33. The predicted molar refractivity (Wildman–Crippen MR) is 64.1 cm³/mol. The van der Waals surface area contributed by atoms with E-state index in [4.69, 9.17) is 5.73 Å². The van der Waals surface area contributed by atoms with Gasteiger partial charge in [0.1, 0.15) is 0 Å². The van der Waals surface area contributed by atoms with Crippen molar-refractivity contribution in [1.29, 1.82) is 0 Å². The van der Waals surface area contributed by atoms with Crippen molar-refractivity contribution < 1.29 is 0 Å². The number of hydrogen-bond donors (Lipinski definition) is 1. The minimum Gasteiger partial charge on any atom is -0.349 e. The van der Waals surface area contributed by atoms with Gasteiger partial charge < -0.3 is 10.6 Å². The van der Waals surface area contributed by atoms with Crippen molar-refractivity contribution in [2.45, 2.75) is 18.9 Å². The fraction of sp³-hybridized carbons (Fsp3) is 0.700. The third kappa shape index (κ3) is 2.10. The quantitative estimate of drug-likeness (QED) is 0.638. The van der Waals surface area contributed by atoms with Crippen LogP contribution in [0, 0.1) is 0 Å². The number of anilines is 1. The highest BCUT2D eigenvalue weighted by Crippen LogP contribution is 2.12. The van der Waals surface area contributed by atoms with Gasteiger partial charge in [0.25, 0.3) is 5.56 Å². The summed E-state index contributed by atoms with van der Waals surface area (Å²) < 4.78 is 2.25. The van der Waals surface area contributed by atoms with Crippen molar-refractivity contribution in [3.63, 3.8) is 0 Å². The van der Waals surface area contributed by atoms with Gasteiger partial charge in [-0.05, 0) is 12.8 Å². The van der Waals surface area contributed by atoms with Crippen LogP contribution in [0.1, 0.15) is 12.8 Å². The van der Waals surface area contributed by atoms with Gasteiger partial charge in [0.15, 0.2) is 0 Å². The zero-order valence-electron chi connectivity index (χ0n) is 10.1. The molecule has 1 aliphatic heterocycles. The van der Waals surface area contributed by atoms with E-state index < -0.39 is 5.69 Å². The molecule has 1 atom stereocenters. The van der Waals surface area contributed by atoms with Crippen LogP contribution in [0.3, 0.4) is 0 Å². The highest BCUT2D eigenvalue weighted by Gasteiger charge is 2.21. The molecule has 1 aromatic heterocycles. The Labute approximate surface area is 98.5 Å². The molecule has 0 aliphatic carbocycles. The van der Waals surface area contributed by atoms with Crippen molar-refractivity contribution in [2.24, 2.45) is 19.8 Å². The highest BCUT2D eigenvalue weighted by molar-refractivity contribution is 5.35. The van der Waals surface area contributed by atoms with E-state index in [1.165, 1.54) is 18.8 Å². The van der Waals surface area contributed by atoms with E-state index in [0.717, 1.165) is 24.0 Å². The van der Waals surface area contributed by atoms with E-state index in [1.807, 2.05) is 4.90 Å². The molecule has 2 heterocycles. The zero-order chi connectivity index (χ0) is 12.6. The van der Waals surface area contributed by atoms with Crippen LogP contribution in [0.4, 0.5) is 5.82 Å². The van der Waals surface area contributed by atoms with Crippen LogP contribution in [-0.4, -0.2) is 33.5 Å². The molecule has 7 nitrogen and oxygen atoms in total. The average molecular weight is 239 g/mol. The molecular weight excluding hydrogens is 222 g/mol. The molecule has 0 bridgehead atoms. The summed E-state index contributed by atoms with van der Waals surface area (Å²) in [5.41, 5.74) is 5.10. The van der Waals surface area contributed by atoms with Crippen LogP contribution < -0.4 is 21.9 Å². The third-order valence-electron chi connectivity index (χ3n) is 3.06. The van der Waals surface area contributed by atoms with E-state index in [-0.39, 0.29) is 11.6 Å². The Balaban J connectivity index is 2.45. The Hall–Kier alpha value is -1.63. The summed E-state index contributed by atoms with van der Waals surface area (Å²) in [5.74, 6) is 0.310. The monoisotopic (exact) mass is 239 g/mol. The van der Waals surface area contributed by atoms with E-state index in [9.17, 15) is 9.59 Å². The van der Waals surface area contributed by atoms with Crippen molar-refractivity contribution in [3.05, 3.63) is 20.8 Å². The maximum absolute atomic E-state index is 12.0. The second-order valence-electron chi connectivity index (χ2n) is 4.44. The summed E-state index contributed by atoms with van der Waals surface area (Å²) in [4.78, 5) is 25.3. The predicted octanol–water partition coefficient (Wildman–Crippen LogP) is -1.59. The number of rotatable bonds is 1. The number of nitrogens with zero attached hydrogens (tertiary/aromatic N) is 4. The summed E-state index contributed by atoms with van der Waals surface area (Å²) in [6.07, 6.45) is 1.90. The van der Waals surface area contributed by atoms with Gasteiger partial charge in [-0.3, -0.25) is 9.36 Å². The Morgan fingerprint density at radius 3 is 2.71 bits per heavy atom. The van der Waals surface area contributed by atoms with Crippen molar-refractivity contribution >= 4 is 5.82 Å². The summed E-state index contributed by atoms with van der Waals surface area (Å²) in [7, 11) is 2.99. The molecule has 1 saturated heterocycles. The molecule has 0 saturated carbocycles. The molecule has 17 heavy (non-hydrogen) atoms. The smallest absolute Gasteiger partial charge is 0.346 e. The summed E-state index contributed by atoms with van der Waals surface area (Å²) in [6, 6.07) is 0.0625. The summed E-state index contributed by atoms with van der Waals surface area (Å²) in [6.45, 7) is 1.37. The zero-order valence-corrected chi connectivity index (χ0v) is 10.1. The second-order valence-corrected chi connectivity index (χ2v) is 4.44. The minimum atomic E-state index is -0.417. The van der Waals surface area contributed by atoms with Crippen LogP contribution in [0.2, 0.25) is 0 Å². The van der Waals surface area contributed by atoms with E-state index in [0.29, 0.717) is 12.4 Å². The topological polar surface area (TPSA) is 86.2 Å². The lowest BCUT2D eigenvalue weighted by Gasteiger charge is -2.31. The SMILES string of the molecule is Cn1nc(N2CCC[C@@H](N)C2)c(=O)n(C)c1=O. The lowest BCUT2D eigenvalue weighted by molar-refractivity contribution is 0.490. The normalized spacial score (nSPS) is 20.6. The van der Waals surface area contributed by atoms with Crippen LogP contribution in [-0.2, 0) is 14.1 Å². The molecule has 0 unspecified atom stereocenters. The molecule has 0 amide bonds. The Kier molecular flexibility index (Phi) is 3.01. The maximum atomic E-state index is 12.0. The number of hydrogen-bond acceptors (Lipinski definition) is 5. The van der Waals surface area contributed by atoms with Gasteiger partial charge in [0.05, 0.1) is 0 Å². The van der Waals surface area contributed by atoms with Crippen molar-refractivity contribution in [3.8, 4) is 0 Å². The van der Waals surface area contributed by atoms with Gasteiger partial charge in [-0.2, -0.15) is 0 Å². The molecule has 1 fully saturated rings. The highest BCUT2D eigenvalue weighted by atomic mass is 16.2. The Morgan fingerprint density at radius 2 is 2.06 bits per heavy atom. The van der Waals surface area contributed by atoms with Gasteiger partial charge in [0, 0.05) is 33.2 Å². The molecule has 1 aliphatic rings. The number of aryl methyl sites for hydroxylation is 1. The lowest BCUT2D eigenvalue weighted by Crippen LogP contribution is -2.48. The molecule has 0 spiro atoms. The minimum absolute atomic E-state index is 0.0625. The van der Waals surface area contributed by atoms with Gasteiger partial charge >= 0.3 is 5.69 Å². The molecule has 0 aromatic carbocycles. The molecule has 2 rings (SSSR count). The van der Waals surface area contributed by atoms with Gasteiger partial charge in [-0.25, -0.2) is 9.48 Å². The van der Waals surface area contributed by atoms with Gasteiger partial charge in [0.2, 0.25) is 5.82 Å². The lowest BCUT2D eigenvalue weighted by atomic mass is 10.1. The molecular formula is C10H17N5O2. The van der Waals surface area contributed by atoms with E-state index >= 15 is 0 Å². The standard InChI is InChI=1S/C10H17N5O2/c1-13-9(16)8(12-14(2)10(13)17)15-5-3-4-7(11)6-15/h7H,3-6,11H2,1-2H3/t7-/m1/s1. The van der Waals surface area contributed by atoms with Crippen LogP contribution in [0.5, 0.6) is 0 Å². The molecule has 0 radical (unpaired) electrons. The molecule has 2 N–H and O–H groups in total. The first-order chi connectivity index (χ1) is 8.00. The number of aromatic nitrogens is 3. The molecule has 7 heteroatoms. The molecule has 94 valence electrons. The van der Waals surface area contributed by atoms with Gasteiger partial charge in [-0.15, -0.1) is 5.10 Å². The number of piperidine rings is 1. The van der Waals surface area contributed by atoms with Crippen molar-refractivity contribution in [2.75, 3.05) is 18.0 Å². The van der Waals surface area contributed by atoms with Crippen molar-refractivity contribution in [1.82, 2.24) is 14.3 Å². The summed E-state index contributed by atoms with van der Waals surface area (Å²) >= 11 is 0. The maximum Gasteiger partial charge on any atom is 0.346 e. The molecule has 1 aromatic rings. The fourth-order valence-corrected chi connectivity index (χ4v) is 2.08. The first-order valence-corrected chi connectivity index (χ1v) is 5.65. The largest absolute Gasteiger partial charge is 0.349 e. The number of nitrogens with two attached hydrogens (primary N) is 1.